The van der Waals surface area contributed by atoms with Crippen LogP contribution in [0.5, 0.6) is 0 Å². The van der Waals surface area contributed by atoms with Crippen molar-refractivity contribution in [2.24, 2.45) is 0 Å². The van der Waals surface area contributed by atoms with Crippen molar-refractivity contribution < 1.29 is 13.6 Å². The minimum absolute atomic E-state index is 0.0174. The van der Waals surface area contributed by atoms with Gasteiger partial charge >= 0.3 is 5.38 Å². The molecule has 0 spiro atoms. The molecule has 0 aliphatic heterocycles. The number of halogens is 3. The Morgan fingerprint density at radius 2 is 2.00 bits per heavy atom. The Balaban J connectivity index is 2.50. The molecular weight excluding hydrogens is 242 g/mol. The summed E-state index contributed by atoms with van der Waals surface area (Å²) in [6, 6.07) is 8.52. The molecule has 0 aliphatic carbocycles. The first-order valence-electron chi connectivity index (χ1n) is 4.08. The number of benzene rings is 1. The van der Waals surface area contributed by atoms with Gasteiger partial charge in [-0.3, -0.25) is 4.79 Å². The third kappa shape index (κ3) is 2.01. The van der Waals surface area contributed by atoms with Crippen molar-refractivity contribution in [1.29, 1.82) is 0 Å². The second-order valence-corrected chi connectivity index (χ2v) is 4.53. The fraction of sp³-hybridized carbons (Fsp3) is 0.100. The van der Waals surface area contributed by atoms with Crippen LogP contribution < -0.4 is 0 Å². The van der Waals surface area contributed by atoms with Crippen LogP contribution in [0.25, 0.3) is 10.1 Å². The largest absolute Gasteiger partial charge is 0.385 e. The molecule has 0 bridgehead atoms. The predicted octanol–water partition coefficient (Wildman–Crippen LogP) is 3.92. The summed E-state index contributed by atoms with van der Waals surface area (Å²) in [6.45, 7) is 0. The van der Waals surface area contributed by atoms with Gasteiger partial charge in [-0.25, -0.2) is 0 Å². The molecule has 2 aromatic rings. The van der Waals surface area contributed by atoms with E-state index in [1.807, 2.05) is 0 Å². The fourth-order valence-corrected chi connectivity index (χ4v) is 2.43. The Morgan fingerprint density at radius 3 is 2.60 bits per heavy atom. The number of hydrogen-bond acceptors (Lipinski definition) is 2. The fourth-order valence-electron chi connectivity index (χ4n) is 1.23. The number of rotatable bonds is 2. The average molecular weight is 247 g/mol. The summed E-state index contributed by atoms with van der Waals surface area (Å²) in [4.78, 5) is 11.1. The van der Waals surface area contributed by atoms with Crippen LogP contribution in [0.15, 0.2) is 30.3 Å². The third-order valence-corrected chi connectivity index (χ3v) is 3.19. The quantitative estimate of drug-likeness (QED) is 0.580. The Hall–Kier alpha value is -1.00. The Kier molecular flexibility index (Phi) is 2.48. The molecule has 0 aliphatic rings. The minimum Gasteiger partial charge on any atom is -0.285 e. The molecule has 2 rings (SSSR count). The number of hydrogen-bond donors (Lipinski definition) is 0. The lowest BCUT2D eigenvalue weighted by atomic mass is 10.2. The highest BCUT2D eigenvalue weighted by atomic mass is 35.5. The van der Waals surface area contributed by atoms with Crippen molar-refractivity contribution in [3.8, 4) is 0 Å². The molecular formula is C10H5ClF2OS. The summed E-state index contributed by atoms with van der Waals surface area (Å²) in [5.74, 6) is -1.34. The van der Waals surface area contributed by atoms with Gasteiger partial charge in [-0.1, -0.05) is 18.2 Å². The summed E-state index contributed by atoms with van der Waals surface area (Å²) in [6.07, 6.45) is 0. The average Bonchev–Trinajstić information content (AvgIpc) is 2.58. The zero-order valence-electron chi connectivity index (χ0n) is 7.34. The summed E-state index contributed by atoms with van der Waals surface area (Å²) in [7, 11) is 0. The van der Waals surface area contributed by atoms with Gasteiger partial charge in [0.25, 0.3) is 5.78 Å². The van der Waals surface area contributed by atoms with Gasteiger partial charge in [-0.15, -0.1) is 11.3 Å². The first kappa shape index (κ1) is 10.5. The van der Waals surface area contributed by atoms with Gasteiger partial charge in [0, 0.05) is 4.70 Å². The van der Waals surface area contributed by atoms with E-state index in [-0.39, 0.29) is 4.88 Å². The van der Waals surface area contributed by atoms with Crippen molar-refractivity contribution in [2.75, 3.05) is 0 Å². The normalized spacial score (nSPS) is 11.9. The molecule has 0 radical (unpaired) electrons. The van der Waals surface area contributed by atoms with E-state index < -0.39 is 11.2 Å². The van der Waals surface area contributed by atoms with Crippen LogP contribution in [-0.2, 0) is 0 Å². The Morgan fingerprint density at radius 1 is 1.33 bits per heavy atom. The molecule has 0 unspecified atom stereocenters. The van der Waals surface area contributed by atoms with Gasteiger partial charge in [-0.2, -0.15) is 8.78 Å². The Labute approximate surface area is 93.3 Å². The number of alkyl halides is 3. The van der Waals surface area contributed by atoms with Crippen molar-refractivity contribution in [2.45, 2.75) is 5.38 Å². The summed E-state index contributed by atoms with van der Waals surface area (Å²) >= 11 is 5.69. The molecule has 0 amide bonds. The molecule has 0 fully saturated rings. The van der Waals surface area contributed by atoms with Crippen molar-refractivity contribution >= 4 is 38.8 Å². The van der Waals surface area contributed by atoms with E-state index in [0.717, 1.165) is 21.4 Å². The van der Waals surface area contributed by atoms with Gasteiger partial charge in [0.2, 0.25) is 0 Å². The SMILES string of the molecule is O=C(c1cc2ccccc2s1)C(F)(F)Cl. The van der Waals surface area contributed by atoms with Crippen LogP contribution in [0.1, 0.15) is 9.67 Å². The van der Waals surface area contributed by atoms with Crippen molar-refractivity contribution in [1.82, 2.24) is 0 Å². The van der Waals surface area contributed by atoms with Gasteiger partial charge in [0.1, 0.15) is 0 Å². The summed E-state index contributed by atoms with van der Waals surface area (Å²) < 4.78 is 25.9. The van der Waals surface area contributed by atoms with E-state index in [9.17, 15) is 13.6 Å². The zero-order valence-corrected chi connectivity index (χ0v) is 8.91. The molecule has 0 N–H and O–H groups in total. The maximum atomic E-state index is 12.6. The Bertz CT molecular complexity index is 482. The number of Topliss-reactive ketones (excluding diaryl/α,β-unsaturated/α-hetero) is 1. The molecule has 5 heteroatoms. The molecule has 1 nitrogen and oxygen atoms in total. The second kappa shape index (κ2) is 3.54. The topological polar surface area (TPSA) is 17.1 Å². The first-order valence-corrected chi connectivity index (χ1v) is 5.28. The molecule has 0 saturated carbocycles. The van der Waals surface area contributed by atoms with E-state index in [2.05, 4.69) is 11.6 Å². The second-order valence-electron chi connectivity index (χ2n) is 2.98. The third-order valence-electron chi connectivity index (χ3n) is 1.91. The van der Waals surface area contributed by atoms with Gasteiger partial charge < -0.3 is 0 Å². The highest BCUT2D eigenvalue weighted by Crippen LogP contribution is 2.31. The van der Waals surface area contributed by atoms with Crippen LogP contribution in [0, 0.1) is 0 Å². The molecule has 1 heterocycles. The van der Waals surface area contributed by atoms with Crippen molar-refractivity contribution in [3.63, 3.8) is 0 Å². The van der Waals surface area contributed by atoms with Crippen LogP contribution in [0.2, 0.25) is 0 Å². The standard InChI is InChI=1S/C10H5ClF2OS/c11-10(12,13)9(14)8-5-6-3-1-2-4-7(6)15-8/h1-5H. The van der Waals surface area contributed by atoms with E-state index in [1.54, 1.807) is 24.3 Å². The number of carbonyl (C=O) groups is 1. The summed E-state index contributed by atoms with van der Waals surface area (Å²) in [5, 5.41) is -3.05. The lowest BCUT2D eigenvalue weighted by Crippen LogP contribution is -2.20. The van der Waals surface area contributed by atoms with Gasteiger partial charge in [0.15, 0.2) is 0 Å². The molecule has 1 aromatic heterocycles. The highest BCUT2D eigenvalue weighted by molar-refractivity contribution is 7.21. The van der Waals surface area contributed by atoms with Crippen LogP contribution >= 0.6 is 22.9 Å². The van der Waals surface area contributed by atoms with E-state index in [4.69, 9.17) is 0 Å². The molecule has 78 valence electrons. The van der Waals surface area contributed by atoms with Gasteiger partial charge in [-0.05, 0) is 29.1 Å². The first-order chi connectivity index (χ1) is 6.98. The lowest BCUT2D eigenvalue weighted by molar-refractivity contribution is 0.0541. The number of fused-ring (bicyclic) bond motifs is 1. The predicted molar refractivity (Wildman–Crippen MR) is 57.0 cm³/mol. The number of thiophene rings is 1. The lowest BCUT2D eigenvalue weighted by Gasteiger charge is -2.02. The van der Waals surface area contributed by atoms with Crippen LogP contribution in [-0.4, -0.2) is 11.2 Å². The monoisotopic (exact) mass is 246 g/mol. The van der Waals surface area contributed by atoms with Gasteiger partial charge in [0.05, 0.1) is 4.88 Å². The van der Waals surface area contributed by atoms with E-state index >= 15 is 0 Å². The van der Waals surface area contributed by atoms with Crippen LogP contribution in [0.4, 0.5) is 8.78 Å². The smallest absolute Gasteiger partial charge is 0.285 e. The highest BCUT2D eigenvalue weighted by Gasteiger charge is 2.37. The van der Waals surface area contributed by atoms with E-state index in [0.29, 0.717) is 0 Å². The minimum atomic E-state index is -3.82. The zero-order chi connectivity index (χ0) is 11.1. The molecule has 15 heavy (non-hydrogen) atoms. The van der Waals surface area contributed by atoms with Crippen LogP contribution in [0.3, 0.4) is 0 Å². The molecule has 1 aromatic carbocycles. The number of carbonyl (C=O) groups excluding carboxylic acids is 1. The maximum absolute atomic E-state index is 12.6. The molecule has 0 saturated heterocycles. The molecule has 0 atom stereocenters. The number of ketones is 1. The maximum Gasteiger partial charge on any atom is 0.385 e. The van der Waals surface area contributed by atoms with E-state index in [1.165, 1.54) is 6.07 Å². The summed E-state index contributed by atoms with van der Waals surface area (Å²) in [5.41, 5.74) is 0. The van der Waals surface area contributed by atoms with Crippen molar-refractivity contribution in [3.05, 3.63) is 35.2 Å².